The van der Waals surface area contributed by atoms with E-state index in [0.29, 0.717) is 0 Å². The molecule has 0 fully saturated rings. The predicted molar refractivity (Wildman–Crippen MR) is 72.2 cm³/mol. The smallest absolute Gasteiger partial charge is 0.354 e. The number of carbonyl (C=O) groups excluding carboxylic acids is 2. The minimum absolute atomic E-state index is 0.178. The molecule has 0 aliphatic carbocycles. The molecule has 0 amide bonds. The number of hydrogen-bond acceptors (Lipinski definition) is 6. The quantitative estimate of drug-likeness (QED) is 0.824. The summed E-state index contributed by atoms with van der Waals surface area (Å²) >= 11 is 0. The van der Waals surface area contributed by atoms with Gasteiger partial charge < -0.3 is 9.47 Å². The lowest BCUT2D eigenvalue weighted by Crippen LogP contribution is -2.38. The van der Waals surface area contributed by atoms with E-state index in [-0.39, 0.29) is 12.3 Å². The summed E-state index contributed by atoms with van der Waals surface area (Å²) in [4.78, 5) is 23.8. The second-order valence-corrected chi connectivity index (χ2v) is 4.24. The van der Waals surface area contributed by atoms with Crippen LogP contribution in [0.15, 0.2) is 35.4 Å². The van der Waals surface area contributed by atoms with Gasteiger partial charge in [0.1, 0.15) is 0 Å². The van der Waals surface area contributed by atoms with Crippen LogP contribution in [0.5, 0.6) is 0 Å². The van der Waals surface area contributed by atoms with Crippen LogP contribution in [0.25, 0.3) is 0 Å². The van der Waals surface area contributed by atoms with E-state index in [0.717, 1.165) is 5.56 Å². The van der Waals surface area contributed by atoms with Crippen LogP contribution in [0.3, 0.4) is 0 Å². The molecule has 1 aliphatic heterocycles. The van der Waals surface area contributed by atoms with Crippen molar-refractivity contribution in [2.75, 3.05) is 13.7 Å². The SMILES string of the molecule is CCOC(=O)[C@H]1NN=C(C(=O)OC)[C@H]1c1ccccc1. The first-order chi connectivity index (χ1) is 9.69. The van der Waals surface area contributed by atoms with Gasteiger partial charge in [0.15, 0.2) is 11.8 Å². The summed E-state index contributed by atoms with van der Waals surface area (Å²) in [5, 5.41) is 3.94. The Hall–Kier alpha value is -2.37. The van der Waals surface area contributed by atoms with Crippen molar-refractivity contribution in [2.45, 2.75) is 18.9 Å². The Morgan fingerprint density at radius 1 is 1.30 bits per heavy atom. The van der Waals surface area contributed by atoms with Gasteiger partial charge in [-0.05, 0) is 12.5 Å². The molecule has 1 aromatic rings. The highest BCUT2D eigenvalue weighted by Crippen LogP contribution is 2.27. The van der Waals surface area contributed by atoms with Gasteiger partial charge in [-0.3, -0.25) is 5.43 Å². The maximum atomic E-state index is 12.0. The van der Waals surface area contributed by atoms with Crippen molar-refractivity contribution >= 4 is 17.7 Å². The molecule has 1 aromatic carbocycles. The van der Waals surface area contributed by atoms with E-state index < -0.39 is 23.9 Å². The molecule has 0 saturated heterocycles. The molecular formula is C14H16N2O4. The van der Waals surface area contributed by atoms with Crippen molar-refractivity contribution in [1.29, 1.82) is 0 Å². The molecule has 0 unspecified atom stereocenters. The molecule has 106 valence electrons. The van der Waals surface area contributed by atoms with E-state index in [9.17, 15) is 9.59 Å². The molecule has 6 heteroatoms. The number of benzene rings is 1. The van der Waals surface area contributed by atoms with Gasteiger partial charge in [-0.15, -0.1) is 0 Å². The van der Waals surface area contributed by atoms with Crippen LogP contribution < -0.4 is 5.43 Å². The normalized spacial score (nSPS) is 20.8. The third kappa shape index (κ3) is 2.64. The minimum atomic E-state index is -0.716. The van der Waals surface area contributed by atoms with Crippen molar-refractivity contribution in [3.63, 3.8) is 0 Å². The zero-order valence-corrected chi connectivity index (χ0v) is 11.3. The van der Waals surface area contributed by atoms with Crippen molar-refractivity contribution in [1.82, 2.24) is 5.43 Å². The number of nitrogens with one attached hydrogen (secondary N) is 1. The first kappa shape index (κ1) is 14.0. The first-order valence-electron chi connectivity index (χ1n) is 6.32. The molecule has 6 nitrogen and oxygen atoms in total. The fraction of sp³-hybridized carbons (Fsp3) is 0.357. The molecule has 0 spiro atoms. The van der Waals surface area contributed by atoms with Gasteiger partial charge in [0.25, 0.3) is 0 Å². The molecule has 0 bridgehead atoms. The highest BCUT2D eigenvalue weighted by atomic mass is 16.5. The molecular weight excluding hydrogens is 260 g/mol. The van der Waals surface area contributed by atoms with E-state index in [1.54, 1.807) is 6.92 Å². The Balaban J connectivity index is 2.33. The van der Waals surface area contributed by atoms with Gasteiger partial charge in [-0.2, -0.15) is 5.10 Å². The average molecular weight is 276 g/mol. The average Bonchev–Trinajstić information content (AvgIpc) is 2.92. The molecule has 2 atom stereocenters. The number of ether oxygens (including phenoxy) is 2. The van der Waals surface area contributed by atoms with Crippen molar-refractivity contribution in [2.24, 2.45) is 5.10 Å². The van der Waals surface area contributed by atoms with Crippen LogP contribution >= 0.6 is 0 Å². The first-order valence-corrected chi connectivity index (χ1v) is 6.32. The summed E-state index contributed by atoms with van der Waals surface area (Å²) in [6, 6.07) is 8.49. The minimum Gasteiger partial charge on any atom is -0.464 e. The maximum Gasteiger partial charge on any atom is 0.354 e. The van der Waals surface area contributed by atoms with Crippen molar-refractivity contribution in [3.8, 4) is 0 Å². The Morgan fingerprint density at radius 3 is 2.60 bits per heavy atom. The highest BCUT2D eigenvalue weighted by Gasteiger charge is 2.42. The fourth-order valence-electron chi connectivity index (χ4n) is 2.15. The highest BCUT2D eigenvalue weighted by molar-refractivity contribution is 6.39. The number of carbonyl (C=O) groups is 2. The number of esters is 2. The molecule has 0 radical (unpaired) electrons. The van der Waals surface area contributed by atoms with Gasteiger partial charge in [-0.1, -0.05) is 30.3 Å². The van der Waals surface area contributed by atoms with Gasteiger partial charge in [0.2, 0.25) is 0 Å². The third-order valence-electron chi connectivity index (χ3n) is 3.05. The maximum absolute atomic E-state index is 12.0. The molecule has 0 saturated carbocycles. The monoisotopic (exact) mass is 276 g/mol. The van der Waals surface area contributed by atoms with E-state index >= 15 is 0 Å². The van der Waals surface area contributed by atoms with E-state index in [2.05, 4.69) is 10.5 Å². The summed E-state index contributed by atoms with van der Waals surface area (Å²) in [5.41, 5.74) is 3.65. The molecule has 1 N–H and O–H groups in total. The summed E-state index contributed by atoms with van der Waals surface area (Å²) in [5.74, 6) is -1.51. The Morgan fingerprint density at radius 2 is 2.00 bits per heavy atom. The lowest BCUT2D eigenvalue weighted by molar-refractivity contribution is -0.145. The summed E-state index contributed by atoms with van der Waals surface area (Å²) < 4.78 is 9.72. The molecule has 1 aliphatic rings. The van der Waals surface area contributed by atoms with Crippen molar-refractivity contribution in [3.05, 3.63) is 35.9 Å². The topological polar surface area (TPSA) is 77.0 Å². The van der Waals surface area contributed by atoms with Gasteiger partial charge in [0, 0.05) is 0 Å². The predicted octanol–water partition coefficient (Wildman–Crippen LogP) is 0.834. The Kier molecular flexibility index (Phi) is 4.34. The van der Waals surface area contributed by atoms with Gasteiger partial charge in [0.05, 0.1) is 19.6 Å². The number of hydrogen-bond donors (Lipinski definition) is 1. The third-order valence-corrected chi connectivity index (χ3v) is 3.05. The van der Waals surface area contributed by atoms with E-state index in [4.69, 9.17) is 9.47 Å². The van der Waals surface area contributed by atoms with E-state index in [1.807, 2.05) is 30.3 Å². The molecule has 0 aromatic heterocycles. The van der Waals surface area contributed by atoms with Crippen LogP contribution in [-0.4, -0.2) is 37.4 Å². The second-order valence-electron chi connectivity index (χ2n) is 4.24. The van der Waals surface area contributed by atoms with Crippen molar-refractivity contribution < 1.29 is 19.1 Å². The Bertz CT molecular complexity index is 527. The molecule has 1 heterocycles. The fourth-order valence-corrected chi connectivity index (χ4v) is 2.15. The van der Waals surface area contributed by atoms with Gasteiger partial charge in [-0.25, -0.2) is 9.59 Å². The second kappa shape index (κ2) is 6.18. The summed E-state index contributed by atoms with van der Waals surface area (Å²) in [6.07, 6.45) is 0. The number of nitrogens with zero attached hydrogens (tertiary/aromatic N) is 1. The zero-order chi connectivity index (χ0) is 14.5. The Labute approximate surface area is 116 Å². The van der Waals surface area contributed by atoms with E-state index in [1.165, 1.54) is 7.11 Å². The largest absolute Gasteiger partial charge is 0.464 e. The van der Waals surface area contributed by atoms with Crippen LogP contribution in [0.4, 0.5) is 0 Å². The number of methoxy groups -OCH3 is 1. The molecule has 2 rings (SSSR count). The van der Waals surface area contributed by atoms with Crippen LogP contribution in [0.1, 0.15) is 18.4 Å². The lowest BCUT2D eigenvalue weighted by atomic mass is 9.88. The zero-order valence-electron chi connectivity index (χ0n) is 11.3. The standard InChI is InChI=1S/C14H16N2O4/c1-3-20-14(18)12-10(9-7-5-4-6-8-9)11(15-16-12)13(17)19-2/h4-8,10,12,16H,3H2,1-2H3/t10-,12+/m1/s1. The number of hydrazone groups is 1. The lowest BCUT2D eigenvalue weighted by Gasteiger charge is -2.18. The summed E-state index contributed by atoms with van der Waals surface area (Å²) in [7, 11) is 1.28. The van der Waals surface area contributed by atoms with Crippen LogP contribution in [0.2, 0.25) is 0 Å². The molecule has 20 heavy (non-hydrogen) atoms. The summed E-state index contributed by atoms with van der Waals surface area (Å²) in [6.45, 7) is 2.00. The number of rotatable bonds is 4. The van der Waals surface area contributed by atoms with Crippen LogP contribution in [0, 0.1) is 0 Å². The van der Waals surface area contributed by atoms with Crippen LogP contribution in [-0.2, 0) is 19.1 Å². The van der Waals surface area contributed by atoms with Gasteiger partial charge >= 0.3 is 11.9 Å².